The van der Waals surface area contributed by atoms with Crippen molar-refractivity contribution in [2.75, 3.05) is 19.6 Å². The van der Waals surface area contributed by atoms with Crippen molar-refractivity contribution in [1.29, 1.82) is 0 Å². The fraction of sp³-hybridized carbons (Fsp3) is 1.00. The largest absolute Gasteiger partial charge is 0.311 e. The minimum absolute atomic E-state index is 0.794. The Morgan fingerprint density at radius 3 is 2.65 bits per heavy atom. The van der Waals surface area contributed by atoms with Crippen molar-refractivity contribution in [2.24, 2.45) is 5.92 Å². The molecular formula is C15H30N2. The van der Waals surface area contributed by atoms with Crippen molar-refractivity contribution in [2.45, 2.75) is 70.9 Å². The van der Waals surface area contributed by atoms with Gasteiger partial charge in [-0.25, -0.2) is 0 Å². The molecule has 1 saturated carbocycles. The van der Waals surface area contributed by atoms with Crippen LogP contribution in [0.2, 0.25) is 0 Å². The van der Waals surface area contributed by atoms with Gasteiger partial charge in [0.05, 0.1) is 0 Å². The third-order valence-electron chi connectivity index (χ3n) is 4.67. The molecule has 2 rings (SSSR count). The van der Waals surface area contributed by atoms with Gasteiger partial charge in [0.2, 0.25) is 0 Å². The van der Waals surface area contributed by atoms with E-state index < -0.39 is 0 Å². The van der Waals surface area contributed by atoms with Crippen LogP contribution < -0.4 is 5.32 Å². The molecule has 2 nitrogen and oxygen atoms in total. The van der Waals surface area contributed by atoms with Crippen LogP contribution in [-0.2, 0) is 0 Å². The summed E-state index contributed by atoms with van der Waals surface area (Å²) < 4.78 is 0. The molecule has 1 saturated heterocycles. The highest BCUT2D eigenvalue weighted by Gasteiger charge is 2.26. The minimum Gasteiger partial charge on any atom is -0.311 e. The van der Waals surface area contributed by atoms with Crippen molar-refractivity contribution >= 4 is 0 Å². The van der Waals surface area contributed by atoms with E-state index in [1.807, 2.05) is 0 Å². The van der Waals surface area contributed by atoms with Crippen molar-refractivity contribution in [3.05, 3.63) is 0 Å². The molecule has 1 heterocycles. The summed E-state index contributed by atoms with van der Waals surface area (Å²) in [5.74, 6) is 0.907. The number of nitrogens with zero attached hydrogens (tertiary/aromatic N) is 1. The van der Waals surface area contributed by atoms with E-state index in [4.69, 9.17) is 0 Å². The number of hydrogen-bond acceptors (Lipinski definition) is 2. The topological polar surface area (TPSA) is 15.3 Å². The predicted molar refractivity (Wildman–Crippen MR) is 74.3 cm³/mol. The molecule has 1 N–H and O–H groups in total. The molecule has 3 unspecified atom stereocenters. The van der Waals surface area contributed by atoms with E-state index in [-0.39, 0.29) is 0 Å². The molecular weight excluding hydrogens is 208 g/mol. The smallest absolute Gasteiger partial charge is 0.00952 e. The normalized spacial score (nSPS) is 36.0. The van der Waals surface area contributed by atoms with E-state index >= 15 is 0 Å². The first-order valence-corrected chi connectivity index (χ1v) is 7.78. The second-order valence-corrected chi connectivity index (χ2v) is 6.15. The monoisotopic (exact) mass is 238 g/mol. The molecule has 0 aromatic carbocycles. The van der Waals surface area contributed by atoms with E-state index in [1.165, 1.54) is 64.6 Å². The molecule has 3 atom stereocenters. The minimum atomic E-state index is 0.794. The average molecular weight is 238 g/mol. The van der Waals surface area contributed by atoms with E-state index in [0.29, 0.717) is 0 Å². The SMILES string of the molecule is CCCN1CCCC(NC2CCCC2C)CC1. The molecule has 0 bridgehead atoms. The molecule has 0 amide bonds. The van der Waals surface area contributed by atoms with Crippen LogP contribution in [0.1, 0.15) is 58.8 Å². The summed E-state index contributed by atoms with van der Waals surface area (Å²) in [7, 11) is 0. The van der Waals surface area contributed by atoms with Crippen LogP contribution in [0.15, 0.2) is 0 Å². The first kappa shape index (κ1) is 13.4. The lowest BCUT2D eigenvalue weighted by Gasteiger charge is -2.25. The molecule has 0 spiro atoms. The molecule has 1 aliphatic heterocycles. The molecule has 100 valence electrons. The summed E-state index contributed by atoms with van der Waals surface area (Å²) in [6.07, 6.45) is 9.74. The van der Waals surface area contributed by atoms with Gasteiger partial charge in [-0.3, -0.25) is 0 Å². The molecule has 17 heavy (non-hydrogen) atoms. The van der Waals surface area contributed by atoms with Crippen LogP contribution in [0.5, 0.6) is 0 Å². The van der Waals surface area contributed by atoms with Gasteiger partial charge < -0.3 is 10.2 Å². The third kappa shape index (κ3) is 3.96. The second kappa shape index (κ2) is 6.75. The lowest BCUT2D eigenvalue weighted by molar-refractivity contribution is 0.279. The molecule has 2 aliphatic rings. The van der Waals surface area contributed by atoms with E-state index in [2.05, 4.69) is 24.1 Å². The first-order valence-electron chi connectivity index (χ1n) is 7.78. The van der Waals surface area contributed by atoms with Crippen LogP contribution in [0, 0.1) is 5.92 Å². The molecule has 2 heteroatoms. The van der Waals surface area contributed by atoms with Crippen LogP contribution in [0.25, 0.3) is 0 Å². The molecule has 0 radical (unpaired) electrons. The average Bonchev–Trinajstić information content (AvgIpc) is 2.59. The summed E-state index contributed by atoms with van der Waals surface area (Å²) in [5, 5.41) is 3.94. The Morgan fingerprint density at radius 1 is 1.06 bits per heavy atom. The van der Waals surface area contributed by atoms with Crippen molar-refractivity contribution in [3.63, 3.8) is 0 Å². The van der Waals surface area contributed by atoms with Gasteiger partial charge in [-0.1, -0.05) is 20.3 Å². The number of rotatable bonds is 4. The Balaban J connectivity index is 1.74. The van der Waals surface area contributed by atoms with Crippen molar-refractivity contribution < 1.29 is 0 Å². The first-order chi connectivity index (χ1) is 8.29. The summed E-state index contributed by atoms with van der Waals surface area (Å²) in [6.45, 7) is 8.65. The maximum absolute atomic E-state index is 3.94. The lowest BCUT2D eigenvalue weighted by Crippen LogP contribution is -2.40. The zero-order valence-corrected chi connectivity index (χ0v) is 11.8. The molecule has 2 fully saturated rings. The Hall–Kier alpha value is -0.0800. The van der Waals surface area contributed by atoms with E-state index in [1.54, 1.807) is 0 Å². The molecule has 0 aromatic rings. The van der Waals surface area contributed by atoms with Crippen LogP contribution in [0.3, 0.4) is 0 Å². The molecule has 1 aliphatic carbocycles. The lowest BCUT2D eigenvalue weighted by atomic mass is 10.0. The maximum atomic E-state index is 3.94. The second-order valence-electron chi connectivity index (χ2n) is 6.15. The van der Waals surface area contributed by atoms with Gasteiger partial charge in [0, 0.05) is 12.1 Å². The fourth-order valence-corrected chi connectivity index (χ4v) is 3.56. The Bertz CT molecular complexity index is 217. The van der Waals surface area contributed by atoms with E-state index in [9.17, 15) is 0 Å². The zero-order chi connectivity index (χ0) is 12.1. The van der Waals surface area contributed by atoms with Gasteiger partial charge in [0.1, 0.15) is 0 Å². The third-order valence-corrected chi connectivity index (χ3v) is 4.67. The molecule has 0 aromatic heterocycles. The van der Waals surface area contributed by atoms with E-state index in [0.717, 1.165) is 18.0 Å². The quantitative estimate of drug-likeness (QED) is 0.810. The Morgan fingerprint density at radius 2 is 1.94 bits per heavy atom. The summed E-state index contributed by atoms with van der Waals surface area (Å²) in [4.78, 5) is 2.65. The number of likely N-dealkylation sites (tertiary alicyclic amines) is 1. The summed E-state index contributed by atoms with van der Waals surface area (Å²) >= 11 is 0. The zero-order valence-electron chi connectivity index (χ0n) is 11.8. The number of nitrogens with one attached hydrogen (secondary N) is 1. The summed E-state index contributed by atoms with van der Waals surface area (Å²) in [5.41, 5.74) is 0. The van der Waals surface area contributed by atoms with Gasteiger partial charge in [-0.15, -0.1) is 0 Å². The Kier molecular flexibility index (Phi) is 5.30. The van der Waals surface area contributed by atoms with Gasteiger partial charge in [-0.2, -0.15) is 0 Å². The van der Waals surface area contributed by atoms with Gasteiger partial charge in [-0.05, 0) is 64.1 Å². The Labute approximate surface area is 107 Å². The van der Waals surface area contributed by atoms with Gasteiger partial charge >= 0.3 is 0 Å². The highest BCUT2D eigenvalue weighted by molar-refractivity contribution is 4.85. The van der Waals surface area contributed by atoms with Crippen LogP contribution >= 0.6 is 0 Å². The summed E-state index contributed by atoms with van der Waals surface area (Å²) in [6, 6.07) is 1.61. The van der Waals surface area contributed by atoms with Crippen molar-refractivity contribution in [1.82, 2.24) is 10.2 Å². The number of hydrogen-bond donors (Lipinski definition) is 1. The van der Waals surface area contributed by atoms with Crippen LogP contribution in [0.4, 0.5) is 0 Å². The predicted octanol–water partition coefficient (Wildman–Crippen LogP) is 3.03. The van der Waals surface area contributed by atoms with Crippen molar-refractivity contribution in [3.8, 4) is 0 Å². The van der Waals surface area contributed by atoms with Crippen LogP contribution in [-0.4, -0.2) is 36.6 Å². The highest BCUT2D eigenvalue weighted by Crippen LogP contribution is 2.26. The maximum Gasteiger partial charge on any atom is 0.00952 e. The van der Waals surface area contributed by atoms with Gasteiger partial charge in [0.25, 0.3) is 0 Å². The standard InChI is InChI=1S/C15H30N2/c1-3-10-17-11-5-7-14(9-12-17)16-15-8-4-6-13(15)2/h13-16H,3-12H2,1-2H3. The highest BCUT2D eigenvalue weighted by atomic mass is 15.1. The van der Waals surface area contributed by atoms with Gasteiger partial charge in [0.15, 0.2) is 0 Å². The fourth-order valence-electron chi connectivity index (χ4n) is 3.56.